The summed E-state index contributed by atoms with van der Waals surface area (Å²) in [6.07, 6.45) is 1.51. The van der Waals surface area contributed by atoms with E-state index in [1.807, 2.05) is 0 Å². The summed E-state index contributed by atoms with van der Waals surface area (Å²) in [5.41, 5.74) is 0.481. The summed E-state index contributed by atoms with van der Waals surface area (Å²) < 4.78 is 41.2. The van der Waals surface area contributed by atoms with Crippen LogP contribution < -0.4 is 5.32 Å². The van der Waals surface area contributed by atoms with Gasteiger partial charge in [-0.3, -0.25) is 4.79 Å². The lowest BCUT2D eigenvalue weighted by Gasteiger charge is -2.34. The molecule has 0 radical (unpaired) electrons. The number of hydrogen-bond donors (Lipinski definition) is 1. The van der Waals surface area contributed by atoms with Crippen LogP contribution >= 0.6 is 11.6 Å². The van der Waals surface area contributed by atoms with Crippen molar-refractivity contribution in [1.29, 1.82) is 0 Å². The molecule has 32 heavy (non-hydrogen) atoms. The highest BCUT2D eigenvalue weighted by Crippen LogP contribution is 2.26. The first-order chi connectivity index (χ1) is 15.4. The maximum absolute atomic E-state index is 14.0. The second-order valence-corrected chi connectivity index (χ2v) is 9.44. The molecule has 1 N–H and O–H groups in total. The Morgan fingerprint density at radius 3 is 2.38 bits per heavy atom. The summed E-state index contributed by atoms with van der Waals surface area (Å²) in [5.74, 6) is -0.546. The summed E-state index contributed by atoms with van der Waals surface area (Å²) in [4.78, 5) is 18.9. The van der Waals surface area contributed by atoms with Crippen LogP contribution in [0, 0.1) is 5.82 Å². The molecule has 1 aliphatic rings. The molecule has 1 aliphatic heterocycles. The van der Waals surface area contributed by atoms with Gasteiger partial charge in [-0.2, -0.15) is 4.31 Å². The Hall–Kier alpha value is -3.01. The number of nitrogens with one attached hydrogen (secondary N) is 1. The molecule has 0 unspecified atom stereocenters. The van der Waals surface area contributed by atoms with Gasteiger partial charge < -0.3 is 10.2 Å². The molecule has 166 valence electrons. The predicted molar refractivity (Wildman–Crippen MR) is 120 cm³/mol. The lowest BCUT2D eigenvalue weighted by molar-refractivity contribution is 0.0698. The van der Waals surface area contributed by atoms with Gasteiger partial charge in [-0.05, 0) is 36.4 Å². The fourth-order valence-corrected chi connectivity index (χ4v) is 5.38. The summed E-state index contributed by atoms with van der Waals surface area (Å²) in [6, 6.07) is 15.6. The van der Waals surface area contributed by atoms with Crippen LogP contribution in [-0.2, 0) is 10.0 Å². The molecule has 1 aromatic heterocycles. The third-order valence-corrected chi connectivity index (χ3v) is 7.54. The fourth-order valence-electron chi connectivity index (χ4n) is 3.46. The van der Waals surface area contributed by atoms with Gasteiger partial charge in [-0.1, -0.05) is 35.9 Å². The fraction of sp³-hybridized carbons (Fsp3) is 0.182. The van der Waals surface area contributed by atoms with Gasteiger partial charge in [0.05, 0.1) is 16.3 Å². The second-order valence-electron chi connectivity index (χ2n) is 7.13. The number of amides is 1. The number of halogens is 2. The van der Waals surface area contributed by atoms with Gasteiger partial charge in [0.1, 0.15) is 16.5 Å². The van der Waals surface area contributed by atoms with E-state index in [1.165, 1.54) is 28.7 Å². The Morgan fingerprint density at radius 2 is 1.66 bits per heavy atom. The van der Waals surface area contributed by atoms with Gasteiger partial charge >= 0.3 is 0 Å². The van der Waals surface area contributed by atoms with E-state index in [4.69, 9.17) is 11.6 Å². The normalized spacial score (nSPS) is 14.9. The van der Waals surface area contributed by atoms with E-state index < -0.39 is 15.8 Å². The molecule has 10 heteroatoms. The van der Waals surface area contributed by atoms with Crippen molar-refractivity contribution in [2.45, 2.75) is 4.90 Å². The molecule has 2 heterocycles. The zero-order chi connectivity index (χ0) is 22.7. The van der Waals surface area contributed by atoms with Crippen LogP contribution in [0.25, 0.3) is 0 Å². The van der Waals surface area contributed by atoms with E-state index in [1.54, 1.807) is 47.4 Å². The minimum absolute atomic E-state index is 0.0464. The number of sulfonamides is 1. The number of carbonyl (C=O) groups excluding carboxylic acids is 1. The van der Waals surface area contributed by atoms with E-state index in [0.29, 0.717) is 0 Å². The van der Waals surface area contributed by atoms with E-state index in [-0.39, 0.29) is 59.1 Å². The molecule has 0 saturated carbocycles. The third-order valence-electron chi connectivity index (χ3n) is 5.15. The number of pyridine rings is 1. The summed E-state index contributed by atoms with van der Waals surface area (Å²) in [7, 11) is -3.76. The highest BCUT2D eigenvalue weighted by atomic mass is 35.5. The van der Waals surface area contributed by atoms with E-state index in [9.17, 15) is 17.6 Å². The van der Waals surface area contributed by atoms with Crippen LogP contribution in [-0.4, -0.2) is 54.7 Å². The van der Waals surface area contributed by atoms with Crippen LogP contribution in [0.1, 0.15) is 10.4 Å². The monoisotopic (exact) mass is 474 g/mol. The molecule has 0 atom stereocenters. The van der Waals surface area contributed by atoms with Crippen molar-refractivity contribution in [2.75, 3.05) is 31.5 Å². The quantitative estimate of drug-likeness (QED) is 0.608. The van der Waals surface area contributed by atoms with E-state index in [2.05, 4.69) is 10.3 Å². The highest BCUT2D eigenvalue weighted by molar-refractivity contribution is 7.89. The average Bonchev–Trinajstić information content (AvgIpc) is 2.81. The summed E-state index contributed by atoms with van der Waals surface area (Å²) in [6.45, 7) is 0.679. The van der Waals surface area contributed by atoms with Crippen molar-refractivity contribution in [3.63, 3.8) is 0 Å². The minimum atomic E-state index is -3.76. The molecular weight excluding hydrogens is 455 g/mol. The lowest BCUT2D eigenvalue weighted by Crippen LogP contribution is -2.50. The molecule has 0 spiro atoms. The zero-order valence-electron chi connectivity index (χ0n) is 16.9. The molecule has 0 bridgehead atoms. The Morgan fingerprint density at radius 1 is 0.969 bits per heavy atom. The van der Waals surface area contributed by atoms with Crippen LogP contribution in [0.5, 0.6) is 0 Å². The number of anilines is 2. The van der Waals surface area contributed by atoms with Crippen molar-refractivity contribution in [2.24, 2.45) is 0 Å². The third kappa shape index (κ3) is 4.45. The standard InChI is InChI=1S/C22H20ClFN4O3S/c23-17-7-1-4-10-20(17)32(30,31)28-14-12-27(13-15-28)22(29)16-6-5-11-25-21(16)26-19-9-3-2-8-18(19)24/h1-11H,12-15H2,(H,25,26). The Balaban J connectivity index is 1.49. The highest BCUT2D eigenvalue weighted by Gasteiger charge is 2.32. The van der Waals surface area contributed by atoms with Gasteiger partial charge in [0.15, 0.2) is 0 Å². The van der Waals surface area contributed by atoms with Gasteiger partial charge in [0, 0.05) is 32.4 Å². The summed E-state index contributed by atoms with van der Waals surface area (Å²) >= 11 is 6.07. The Labute approximate surface area is 190 Å². The van der Waals surface area contributed by atoms with Gasteiger partial charge in [0.25, 0.3) is 5.91 Å². The van der Waals surface area contributed by atoms with Crippen LogP contribution in [0.4, 0.5) is 15.9 Å². The summed E-state index contributed by atoms with van der Waals surface area (Å²) in [5, 5.41) is 3.02. The van der Waals surface area contributed by atoms with Crippen molar-refractivity contribution in [1.82, 2.24) is 14.2 Å². The molecule has 0 aliphatic carbocycles. The second kappa shape index (κ2) is 9.23. The number of nitrogens with zero attached hydrogens (tertiary/aromatic N) is 3. The number of piperazine rings is 1. The van der Waals surface area contributed by atoms with Crippen LogP contribution in [0.2, 0.25) is 5.02 Å². The first-order valence-corrected chi connectivity index (χ1v) is 11.7. The van der Waals surface area contributed by atoms with Gasteiger partial charge in [-0.25, -0.2) is 17.8 Å². The number of rotatable bonds is 5. The Bertz CT molecular complexity index is 1250. The van der Waals surface area contributed by atoms with E-state index in [0.717, 1.165) is 0 Å². The van der Waals surface area contributed by atoms with Crippen molar-refractivity contribution in [3.8, 4) is 0 Å². The maximum atomic E-state index is 14.0. The predicted octanol–water partition coefficient (Wildman–Crippen LogP) is 3.76. The number of hydrogen-bond acceptors (Lipinski definition) is 5. The SMILES string of the molecule is O=C(c1cccnc1Nc1ccccc1F)N1CCN(S(=O)(=O)c2ccccc2Cl)CC1. The first kappa shape index (κ1) is 22.2. The minimum Gasteiger partial charge on any atom is -0.337 e. The molecule has 3 aromatic rings. The largest absolute Gasteiger partial charge is 0.337 e. The number of carbonyl (C=O) groups is 1. The smallest absolute Gasteiger partial charge is 0.257 e. The van der Waals surface area contributed by atoms with Gasteiger partial charge in [0.2, 0.25) is 10.0 Å². The first-order valence-electron chi connectivity index (χ1n) is 9.88. The van der Waals surface area contributed by atoms with E-state index >= 15 is 0 Å². The molecule has 2 aromatic carbocycles. The van der Waals surface area contributed by atoms with Crippen molar-refractivity contribution < 1.29 is 17.6 Å². The van der Waals surface area contributed by atoms with Crippen molar-refractivity contribution >= 4 is 39.0 Å². The molecule has 1 fully saturated rings. The number of aromatic nitrogens is 1. The maximum Gasteiger partial charge on any atom is 0.257 e. The van der Waals surface area contributed by atoms with Crippen molar-refractivity contribution in [3.05, 3.63) is 83.3 Å². The number of benzene rings is 2. The van der Waals surface area contributed by atoms with Gasteiger partial charge in [-0.15, -0.1) is 0 Å². The topological polar surface area (TPSA) is 82.6 Å². The molecule has 7 nitrogen and oxygen atoms in total. The van der Waals surface area contributed by atoms with Crippen LogP contribution in [0.3, 0.4) is 0 Å². The lowest BCUT2D eigenvalue weighted by atomic mass is 10.2. The van der Waals surface area contributed by atoms with Crippen LogP contribution in [0.15, 0.2) is 71.8 Å². The molecule has 1 saturated heterocycles. The Kier molecular flexibility index (Phi) is 6.40. The molecule has 4 rings (SSSR count). The average molecular weight is 475 g/mol. The molecular formula is C22H20ClFN4O3S. The zero-order valence-corrected chi connectivity index (χ0v) is 18.5. The number of para-hydroxylation sites is 1. The molecule has 1 amide bonds.